The lowest BCUT2D eigenvalue weighted by Gasteiger charge is -2.09. The van der Waals surface area contributed by atoms with E-state index in [2.05, 4.69) is 15.4 Å². The first kappa shape index (κ1) is 20.6. The molecule has 4 rings (SSSR count). The molecule has 0 saturated carbocycles. The molecule has 7 heteroatoms. The second-order valence-corrected chi connectivity index (χ2v) is 7.32. The first-order valence-electron chi connectivity index (χ1n) is 9.88. The number of carbonyl (C=O) groups excluding carboxylic acids is 1. The maximum Gasteiger partial charge on any atom is 0.336 e. The minimum absolute atomic E-state index is 0.204. The molecule has 0 aliphatic carbocycles. The zero-order chi connectivity index (χ0) is 21.8. The fourth-order valence-corrected chi connectivity index (χ4v) is 3.28. The molecule has 4 aromatic rings. The van der Waals surface area contributed by atoms with Crippen LogP contribution in [0.15, 0.2) is 72.8 Å². The van der Waals surface area contributed by atoms with Crippen molar-refractivity contribution in [3.63, 3.8) is 0 Å². The van der Waals surface area contributed by atoms with Crippen LogP contribution in [0.25, 0.3) is 17.1 Å². The van der Waals surface area contributed by atoms with E-state index in [-0.39, 0.29) is 5.91 Å². The number of carbonyl (C=O) groups is 1. The lowest BCUT2D eigenvalue weighted by atomic mass is 10.1. The van der Waals surface area contributed by atoms with E-state index in [1.165, 1.54) is 0 Å². The second-order valence-electron chi connectivity index (χ2n) is 6.89. The largest absolute Gasteiger partial charge is 0.463 e. The quantitative estimate of drug-likeness (QED) is 0.434. The summed E-state index contributed by atoms with van der Waals surface area (Å²) in [4.78, 5) is 17.0. The van der Waals surface area contributed by atoms with Crippen molar-refractivity contribution in [2.75, 3.05) is 11.9 Å². The number of nitrogens with zero attached hydrogens (tertiary/aromatic N) is 3. The number of hydrogen-bond donors (Lipinski definition) is 1. The first-order chi connectivity index (χ1) is 15.0. The third kappa shape index (κ3) is 4.59. The molecule has 1 heterocycles. The van der Waals surface area contributed by atoms with Gasteiger partial charge >= 0.3 is 6.01 Å². The van der Waals surface area contributed by atoms with Gasteiger partial charge in [0.25, 0.3) is 5.91 Å². The lowest BCUT2D eigenvalue weighted by molar-refractivity contribution is 0.102. The van der Waals surface area contributed by atoms with Crippen LogP contribution in [0.2, 0.25) is 5.02 Å². The SMILES string of the molecule is CCOc1nc(-c2ccccc2C)n(-c2ccc(NC(=O)c3ccc(Cl)cc3)cc2)n1. The molecule has 0 spiro atoms. The number of amides is 1. The van der Waals surface area contributed by atoms with E-state index >= 15 is 0 Å². The van der Waals surface area contributed by atoms with E-state index in [1.807, 2.05) is 62.4 Å². The Kier molecular flexibility index (Phi) is 6.00. The highest BCUT2D eigenvalue weighted by molar-refractivity contribution is 6.30. The zero-order valence-electron chi connectivity index (χ0n) is 17.2. The van der Waals surface area contributed by atoms with Crippen molar-refractivity contribution < 1.29 is 9.53 Å². The van der Waals surface area contributed by atoms with Crippen LogP contribution in [0.3, 0.4) is 0 Å². The minimum atomic E-state index is -0.204. The molecule has 0 bridgehead atoms. The van der Waals surface area contributed by atoms with Crippen LogP contribution < -0.4 is 10.1 Å². The van der Waals surface area contributed by atoms with Crippen molar-refractivity contribution in [1.82, 2.24) is 14.8 Å². The standard InChI is InChI=1S/C24H21ClN4O2/c1-3-31-24-27-22(21-7-5-4-6-16(21)2)29(28-24)20-14-12-19(13-15-20)26-23(30)17-8-10-18(25)11-9-17/h4-15H,3H2,1-2H3,(H,26,30). The van der Waals surface area contributed by atoms with Gasteiger partial charge in [-0.25, -0.2) is 4.68 Å². The van der Waals surface area contributed by atoms with Gasteiger partial charge in [-0.2, -0.15) is 4.98 Å². The summed E-state index contributed by atoms with van der Waals surface area (Å²) in [6, 6.07) is 22.5. The number of aromatic nitrogens is 3. The highest BCUT2D eigenvalue weighted by Crippen LogP contribution is 2.27. The maximum atomic E-state index is 12.4. The molecule has 0 aliphatic heterocycles. The molecule has 0 unspecified atom stereocenters. The van der Waals surface area contributed by atoms with Crippen LogP contribution in [-0.2, 0) is 0 Å². The molecule has 0 saturated heterocycles. The smallest absolute Gasteiger partial charge is 0.336 e. The molecule has 3 aromatic carbocycles. The molecule has 156 valence electrons. The molecular weight excluding hydrogens is 412 g/mol. The lowest BCUT2D eigenvalue weighted by Crippen LogP contribution is -2.11. The van der Waals surface area contributed by atoms with Crippen LogP contribution in [-0.4, -0.2) is 27.3 Å². The van der Waals surface area contributed by atoms with Crippen molar-refractivity contribution in [1.29, 1.82) is 0 Å². The van der Waals surface area contributed by atoms with E-state index in [0.717, 1.165) is 16.8 Å². The van der Waals surface area contributed by atoms with E-state index in [4.69, 9.17) is 16.3 Å². The normalized spacial score (nSPS) is 10.7. The van der Waals surface area contributed by atoms with Gasteiger partial charge in [-0.15, -0.1) is 5.10 Å². The monoisotopic (exact) mass is 432 g/mol. The summed E-state index contributed by atoms with van der Waals surface area (Å²) in [5.74, 6) is 0.490. The van der Waals surface area contributed by atoms with E-state index < -0.39 is 0 Å². The topological polar surface area (TPSA) is 69.0 Å². The number of ether oxygens (including phenoxy) is 1. The summed E-state index contributed by atoms with van der Waals surface area (Å²) < 4.78 is 7.28. The fraction of sp³-hybridized carbons (Fsp3) is 0.125. The van der Waals surface area contributed by atoms with Gasteiger partial charge in [-0.3, -0.25) is 4.79 Å². The van der Waals surface area contributed by atoms with Gasteiger partial charge in [-0.1, -0.05) is 35.9 Å². The Labute approximate surface area is 185 Å². The Morgan fingerprint density at radius 1 is 1.03 bits per heavy atom. The van der Waals surface area contributed by atoms with Gasteiger partial charge < -0.3 is 10.1 Å². The van der Waals surface area contributed by atoms with Crippen LogP contribution in [0.5, 0.6) is 6.01 Å². The second kappa shape index (κ2) is 9.02. The number of aryl methyl sites for hydroxylation is 1. The highest BCUT2D eigenvalue weighted by atomic mass is 35.5. The first-order valence-corrected chi connectivity index (χ1v) is 10.3. The number of benzene rings is 3. The number of nitrogens with one attached hydrogen (secondary N) is 1. The molecule has 0 radical (unpaired) electrons. The van der Waals surface area contributed by atoms with Gasteiger partial charge in [0.2, 0.25) is 0 Å². The zero-order valence-corrected chi connectivity index (χ0v) is 17.9. The molecule has 1 aromatic heterocycles. The van der Waals surface area contributed by atoms with Gasteiger partial charge in [0, 0.05) is 21.8 Å². The van der Waals surface area contributed by atoms with Gasteiger partial charge in [0.15, 0.2) is 5.82 Å². The average molecular weight is 433 g/mol. The Hall–Kier alpha value is -3.64. The van der Waals surface area contributed by atoms with E-state index in [0.29, 0.717) is 34.7 Å². The molecular formula is C24H21ClN4O2. The molecule has 6 nitrogen and oxygen atoms in total. The number of rotatable bonds is 6. The van der Waals surface area contributed by atoms with E-state index in [9.17, 15) is 4.79 Å². The van der Waals surface area contributed by atoms with Crippen molar-refractivity contribution in [2.24, 2.45) is 0 Å². The molecule has 31 heavy (non-hydrogen) atoms. The number of halogens is 1. The third-order valence-electron chi connectivity index (χ3n) is 4.72. The summed E-state index contributed by atoms with van der Waals surface area (Å²) in [6.45, 7) is 4.41. The maximum absolute atomic E-state index is 12.4. The fourth-order valence-electron chi connectivity index (χ4n) is 3.15. The van der Waals surface area contributed by atoms with Crippen molar-refractivity contribution >= 4 is 23.2 Å². The van der Waals surface area contributed by atoms with Gasteiger partial charge in [0.05, 0.1) is 12.3 Å². The highest BCUT2D eigenvalue weighted by Gasteiger charge is 2.16. The number of anilines is 1. The van der Waals surface area contributed by atoms with Gasteiger partial charge in [0.1, 0.15) is 0 Å². The van der Waals surface area contributed by atoms with Crippen molar-refractivity contribution in [2.45, 2.75) is 13.8 Å². The van der Waals surface area contributed by atoms with Crippen molar-refractivity contribution in [3.05, 3.63) is 88.9 Å². The molecule has 0 aliphatic rings. The van der Waals surface area contributed by atoms with Crippen LogP contribution in [0.1, 0.15) is 22.8 Å². The van der Waals surface area contributed by atoms with Crippen LogP contribution in [0, 0.1) is 6.92 Å². The molecule has 0 fully saturated rings. The minimum Gasteiger partial charge on any atom is -0.463 e. The predicted molar refractivity (Wildman–Crippen MR) is 122 cm³/mol. The van der Waals surface area contributed by atoms with E-state index in [1.54, 1.807) is 28.9 Å². The Morgan fingerprint density at radius 2 is 1.74 bits per heavy atom. The number of hydrogen-bond acceptors (Lipinski definition) is 4. The predicted octanol–water partition coefficient (Wildman–Crippen LogP) is 5.55. The molecule has 1 N–H and O–H groups in total. The third-order valence-corrected chi connectivity index (χ3v) is 4.98. The summed E-state index contributed by atoms with van der Waals surface area (Å²) in [6.07, 6.45) is 0. The Balaban J connectivity index is 1.62. The molecule has 1 amide bonds. The summed E-state index contributed by atoms with van der Waals surface area (Å²) in [5.41, 5.74) is 4.08. The Morgan fingerprint density at radius 3 is 2.42 bits per heavy atom. The van der Waals surface area contributed by atoms with Crippen LogP contribution >= 0.6 is 11.6 Å². The summed E-state index contributed by atoms with van der Waals surface area (Å²) >= 11 is 5.89. The Bertz CT molecular complexity index is 1200. The van der Waals surface area contributed by atoms with Crippen molar-refractivity contribution in [3.8, 4) is 23.1 Å². The average Bonchev–Trinajstić information content (AvgIpc) is 3.19. The summed E-state index contributed by atoms with van der Waals surface area (Å²) in [7, 11) is 0. The van der Waals surface area contributed by atoms with Crippen LogP contribution in [0.4, 0.5) is 5.69 Å². The van der Waals surface area contributed by atoms with Gasteiger partial charge in [-0.05, 0) is 67.9 Å². The summed E-state index contributed by atoms with van der Waals surface area (Å²) in [5, 5.41) is 7.99. The molecule has 0 atom stereocenters.